The van der Waals surface area contributed by atoms with E-state index in [-0.39, 0.29) is 155 Å². The largest absolute Gasteiger partial charge is 0.481 e. The van der Waals surface area contributed by atoms with Crippen molar-refractivity contribution in [3.05, 3.63) is 0 Å². The van der Waals surface area contributed by atoms with Crippen LogP contribution in [0.2, 0.25) is 0 Å². The molecule has 0 aliphatic carbocycles. The van der Waals surface area contributed by atoms with Crippen LogP contribution in [0, 0.1) is 0 Å². The molecule has 882 valence electrons. The topological polar surface area (TPSA) is 588 Å². The van der Waals surface area contributed by atoms with E-state index < -0.39 is 29.4 Å². The van der Waals surface area contributed by atoms with E-state index in [1.807, 2.05) is 0 Å². The SMILES string of the molecule is CC(=O)NC(COCCC(=O)NCCOCCOCCOCCOCCOCCOCCOCCOCCOCCOCCOCCOCCC(=O)O)(COCCC(=O)NCCOCCOCCOCCOCCOCCOCCOCCOCCOCCOCCOCCOCCC(=O)O)COCCC(=O)NCCOCCOCCOCCOCCOCCOCCOCCOCCOCCOCCOCCOCCC(=O)O. The Morgan fingerprint density at radius 1 is 0.148 bits per heavy atom. The lowest BCUT2D eigenvalue weighted by molar-refractivity contribution is -0.139. The number of nitrogens with one attached hydrogen (secondary N) is 4. The molecule has 0 atom stereocenters. The monoisotopic (exact) mass is 2180 g/mol. The number of carbonyl (C=O) groups excluding carboxylic acids is 4. The minimum Gasteiger partial charge on any atom is -0.481 e. The molecule has 0 heterocycles. The van der Waals surface area contributed by atoms with Crippen molar-refractivity contribution in [3.63, 3.8) is 0 Å². The average molecular weight is 2180 g/mol. The summed E-state index contributed by atoms with van der Waals surface area (Å²) < 4.78 is 215. The zero-order valence-corrected chi connectivity index (χ0v) is 88.6. The van der Waals surface area contributed by atoms with Crippen LogP contribution in [-0.4, -0.2) is 597 Å². The first-order valence-electron chi connectivity index (χ1n) is 51.6. The van der Waals surface area contributed by atoms with Gasteiger partial charge in [0.2, 0.25) is 23.6 Å². The van der Waals surface area contributed by atoms with E-state index in [4.69, 9.17) is 200 Å². The smallest absolute Gasteiger partial charge is 0.305 e. The lowest BCUT2D eigenvalue weighted by Gasteiger charge is -2.34. The van der Waals surface area contributed by atoms with Gasteiger partial charge < -0.3 is 221 Å². The second-order valence-electron chi connectivity index (χ2n) is 30.9. The molecule has 53 heteroatoms. The number of hydrogen-bond acceptors (Lipinski definition) is 46. The Morgan fingerprint density at radius 2 is 0.248 bits per heavy atom. The normalized spacial score (nSPS) is 11.7. The van der Waals surface area contributed by atoms with E-state index in [0.29, 0.717) is 436 Å². The predicted molar refractivity (Wildman–Crippen MR) is 528 cm³/mol. The number of ether oxygens (including phenoxy) is 39. The summed E-state index contributed by atoms with van der Waals surface area (Å²) in [5.74, 6) is -3.99. The van der Waals surface area contributed by atoms with Gasteiger partial charge in [0.05, 0.1) is 535 Å². The van der Waals surface area contributed by atoms with Gasteiger partial charge in [-0.1, -0.05) is 0 Å². The molecule has 0 aliphatic heterocycles. The fourth-order valence-electron chi connectivity index (χ4n) is 11.0. The summed E-state index contributed by atoms with van der Waals surface area (Å²) >= 11 is 0. The van der Waals surface area contributed by atoms with E-state index in [9.17, 15) is 33.6 Å². The van der Waals surface area contributed by atoms with E-state index in [1.165, 1.54) is 6.92 Å². The van der Waals surface area contributed by atoms with Gasteiger partial charge in [-0.05, 0) is 0 Å². The van der Waals surface area contributed by atoms with Gasteiger partial charge in [0.15, 0.2) is 0 Å². The molecular weight excluding hydrogens is 1990 g/mol. The van der Waals surface area contributed by atoms with Crippen LogP contribution in [0.25, 0.3) is 0 Å². The van der Waals surface area contributed by atoms with Gasteiger partial charge in [-0.3, -0.25) is 33.6 Å². The molecule has 0 aromatic carbocycles. The zero-order valence-electron chi connectivity index (χ0n) is 88.6. The van der Waals surface area contributed by atoms with Crippen molar-refractivity contribution in [1.29, 1.82) is 0 Å². The van der Waals surface area contributed by atoms with Crippen LogP contribution in [0.5, 0.6) is 0 Å². The average Bonchev–Trinajstić information content (AvgIpc) is 0.857. The van der Waals surface area contributed by atoms with Gasteiger partial charge in [-0.15, -0.1) is 0 Å². The van der Waals surface area contributed by atoms with Crippen LogP contribution in [0.4, 0.5) is 0 Å². The standard InChI is InChI=1S/C96H184N4O49/c1-89(101)100-96(86-147-11-2-90(102)97-8-17-114-23-29-120-35-41-126-47-53-132-59-65-138-71-77-144-83-80-141-74-68-135-62-56-129-50-44-123-38-32-117-26-20-111-14-5-93(105)106,87-148-12-3-91(103)98-9-18-115-24-30-121-36-42-127-48-54-133-60-66-139-72-78-145-84-81-142-75-69-136-63-57-130-51-45-124-39-33-118-27-21-112-15-6-94(107)108)88-149-13-4-92(104)99-10-19-116-25-31-122-37-43-128-49-55-134-61-67-140-73-79-146-85-82-143-76-70-137-64-58-131-52-46-125-40-34-119-28-22-113-16-7-95(109)110/h2-88H2,1H3,(H,97,102)(H,98,103)(H,99,104)(H,100,101)(H,105,106)(H,107,108)(H,109,110). The third-order valence-electron chi connectivity index (χ3n) is 18.4. The molecule has 0 spiro atoms. The molecule has 0 unspecified atom stereocenters. The minimum absolute atomic E-state index is 0.0123. The molecule has 53 nitrogen and oxygen atoms in total. The molecule has 0 rings (SSSR count). The molecule has 4 amide bonds. The fraction of sp³-hybridized carbons (Fsp3) is 0.927. The van der Waals surface area contributed by atoms with Gasteiger partial charge in [-0.25, -0.2) is 0 Å². The summed E-state index contributed by atoms with van der Waals surface area (Å²) in [6.07, 6.45) is -0.122. The highest BCUT2D eigenvalue weighted by atomic mass is 16.6. The van der Waals surface area contributed by atoms with Crippen LogP contribution in [-0.2, 0) is 218 Å². The number of rotatable bonds is 133. The molecule has 7 N–H and O–H groups in total. The van der Waals surface area contributed by atoms with Crippen molar-refractivity contribution in [2.24, 2.45) is 0 Å². The molecule has 0 aromatic rings. The van der Waals surface area contributed by atoms with E-state index in [0.717, 1.165) is 0 Å². The van der Waals surface area contributed by atoms with Gasteiger partial charge in [0, 0.05) is 45.8 Å². The molecule has 0 radical (unpaired) electrons. The van der Waals surface area contributed by atoms with E-state index >= 15 is 0 Å². The second kappa shape index (κ2) is 125. The van der Waals surface area contributed by atoms with Crippen molar-refractivity contribution in [2.45, 2.75) is 51.0 Å². The maximum Gasteiger partial charge on any atom is 0.305 e. The molecule has 0 saturated heterocycles. The Morgan fingerprint density at radius 3 is 0.356 bits per heavy atom. The molecule has 0 fully saturated rings. The van der Waals surface area contributed by atoms with Gasteiger partial charge in [0.1, 0.15) is 5.54 Å². The van der Waals surface area contributed by atoms with Crippen LogP contribution in [0.1, 0.15) is 45.4 Å². The van der Waals surface area contributed by atoms with Gasteiger partial charge >= 0.3 is 17.9 Å². The number of hydrogen-bond donors (Lipinski definition) is 7. The Hall–Kier alpha value is -5.27. The molecule has 149 heavy (non-hydrogen) atoms. The summed E-state index contributed by atoms with van der Waals surface area (Å²) in [5.41, 5.74) is -1.28. The molecular formula is C96H184N4O49. The Balaban J connectivity index is 4.41. The number of carboxylic acid groups (broad SMARTS) is 3. The molecule has 0 aromatic heterocycles. The lowest BCUT2D eigenvalue weighted by atomic mass is 10.0. The number of carbonyl (C=O) groups is 7. The number of amides is 4. The second-order valence-corrected chi connectivity index (χ2v) is 30.9. The molecule has 0 saturated carbocycles. The Kier molecular flexibility index (Phi) is 120. The van der Waals surface area contributed by atoms with E-state index in [1.54, 1.807) is 0 Å². The Labute approximate surface area is 879 Å². The van der Waals surface area contributed by atoms with Crippen LogP contribution in [0.3, 0.4) is 0 Å². The maximum atomic E-state index is 12.8. The summed E-state index contributed by atoms with van der Waals surface area (Å²) in [4.78, 5) is 82.5. The summed E-state index contributed by atoms with van der Waals surface area (Å²) in [6, 6.07) is 0. The summed E-state index contributed by atoms with van der Waals surface area (Å²) in [6.45, 7) is 29.5. The first-order chi connectivity index (χ1) is 73.3. The summed E-state index contributed by atoms with van der Waals surface area (Å²) in [5, 5.41) is 37.0. The van der Waals surface area contributed by atoms with Gasteiger partial charge in [-0.2, -0.15) is 0 Å². The van der Waals surface area contributed by atoms with Crippen molar-refractivity contribution in [2.75, 3.05) is 535 Å². The molecule has 0 bridgehead atoms. The van der Waals surface area contributed by atoms with Crippen LogP contribution in [0.15, 0.2) is 0 Å². The van der Waals surface area contributed by atoms with Gasteiger partial charge in [0.25, 0.3) is 0 Å². The van der Waals surface area contributed by atoms with Crippen LogP contribution >= 0.6 is 0 Å². The van der Waals surface area contributed by atoms with Crippen molar-refractivity contribution < 1.29 is 234 Å². The van der Waals surface area contributed by atoms with Crippen molar-refractivity contribution >= 4 is 41.5 Å². The number of aliphatic carboxylic acids is 3. The predicted octanol–water partition coefficient (Wildman–Crippen LogP) is -1.55. The first-order valence-corrected chi connectivity index (χ1v) is 51.6. The maximum absolute atomic E-state index is 12.8. The van der Waals surface area contributed by atoms with Crippen LogP contribution < -0.4 is 21.3 Å². The quantitative estimate of drug-likeness (QED) is 0.0339. The zero-order chi connectivity index (χ0) is 107. The Bertz CT molecular complexity index is 2520. The third-order valence-corrected chi connectivity index (χ3v) is 18.4. The van der Waals surface area contributed by atoms with Crippen molar-refractivity contribution in [3.8, 4) is 0 Å². The lowest BCUT2D eigenvalue weighted by Crippen LogP contribution is -2.58. The summed E-state index contributed by atoms with van der Waals surface area (Å²) in [7, 11) is 0. The third kappa shape index (κ3) is 126. The van der Waals surface area contributed by atoms with Crippen molar-refractivity contribution in [1.82, 2.24) is 21.3 Å². The minimum atomic E-state index is -1.28. The highest BCUT2D eigenvalue weighted by Crippen LogP contribution is 2.12. The number of carboxylic acids is 3. The van der Waals surface area contributed by atoms with E-state index in [2.05, 4.69) is 21.3 Å². The highest BCUT2D eigenvalue weighted by molar-refractivity contribution is 5.77. The highest BCUT2D eigenvalue weighted by Gasteiger charge is 2.33. The first kappa shape index (κ1) is 144. The fourth-order valence-corrected chi connectivity index (χ4v) is 11.0. The molecule has 0 aliphatic rings.